The van der Waals surface area contributed by atoms with Gasteiger partial charge in [-0.3, -0.25) is 0 Å². The Morgan fingerprint density at radius 3 is 2.47 bits per heavy atom. The Hall–Kier alpha value is -1.19. The Kier molecular flexibility index (Phi) is 2.73. The number of halogens is 1. The molecule has 0 unspecified atom stereocenters. The molecule has 3 rings (SSSR count). The van der Waals surface area contributed by atoms with E-state index in [1.54, 1.807) is 23.5 Å². The third-order valence-electron chi connectivity index (χ3n) is 3.51. The summed E-state index contributed by atoms with van der Waals surface area (Å²) in [6, 6.07) is 9.13. The lowest BCUT2D eigenvalue weighted by Crippen LogP contribution is -2.58. The van der Waals surface area contributed by atoms with Crippen LogP contribution in [0.1, 0.15) is 11.1 Å². The van der Waals surface area contributed by atoms with Gasteiger partial charge in [0, 0.05) is 18.5 Å². The quantitative estimate of drug-likeness (QED) is 0.879. The molecule has 1 aromatic heterocycles. The highest BCUT2D eigenvalue weighted by Gasteiger charge is 2.38. The monoisotopic (exact) mass is 247 g/mol. The van der Waals surface area contributed by atoms with E-state index in [0.717, 1.165) is 19.5 Å². The molecule has 0 amide bonds. The first-order valence-electron chi connectivity index (χ1n) is 5.76. The molecule has 0 saturated carbocycles. The van der Waals surface area contributed by atoms with Crippen molar-refractivity contribution in [3.63, 3.8) is 0 Å². The minimum atomic E-state index is -0.160. The predicted molar refractivity (Wildman–Crippen MR) is 69.0 cm³/mol. The van der Waals surface area contributed by atoms with Crippen LogP contribution >= 0.6 is 11.3 Å². The molecule has 0 spiro atoms. The van der Waals surface area contributed by atoms with Gasteiger partial charge < -0.3 is 5.32 Å². The van der Waals surface area contributed by atoms with Crippen LogP contribution in [-0.2, 0) is 11.8 Å². The molecule has 1 aliphatic heterocycles. The Bertz CT molecular complexity index is 485. The molecule has 2 aromatic rings. The van der Waals surface area contributed by atoms with E-state index >= 15 is 0 Å². The fraction of sp³-hybridized carbons (Fsp3) is 0.286. The fourth-order valence-electron chi connectivity index (χ4n) is 2.45. The van der Waals surface area contributed by atoms with Crippen molar-refractivity contribution < 1.29 is 4.39 Å². The van der Waals surface area contributed by atoms with Gasteiger partial charge in [0.25, 0.3) is 0 Å². The van der Waals surface area contributed by atoms with E-state index in [1.807, 2.05) is 12.1 Å². The van der Waals surface area contributed by atoms with Crippen LogP contribution < -0.4 is 5.32 Å². The van der Waals surface area contributed by atoms with Crippen LogP contribution in [0.2, 0.25) is 0 Å². The number of nitrogens with one attached hydrogen (secondary N) is 1. The lowest BCUT2D eigenvalue weighted by molar-refractivity contribution is 0.275. The zero-order chi connectivity index (χ0) is 11.7. The van der Waals surface area contributed by atoms with Crippen molar-refractivity contribution in [3.05, 3.63) is 58.0 Å². The summed E-state index contributed by atoms with van der Waals surface area (Å²) in [6.07, 6.45) is 1.04. The number of thiophene rings is 1. The molecule has 1 nitrogen and oxygen atoms in total. The molecule has 3 heteroatoms. The highest BCUT2D eigenvalue weighted by Crippen LogP contribution is 2.33. The minimum Gasteiger partial charge on any atom is -0.315 e. The van der Waals surface area contributed by atoms with Crippen molar-refractivity contribution in [1.82, 2.24) is 5.32 Å². The Labute approximate surface area is 104 Å². The van der Waals surface area contributed by atoms with Crippen molar-refractivity contribution in [2.24, 2.45) is 0 Å². The van der Waals surface area contributed by atoms with E-state index in [4.69, 9.17) is 0 Å². The summed E-state index contributed by atoms with van der Waals surface area (Å²) in [5.41, 5.74) is 2.78. The second kappa shape index (κ2) is 4.24. The fourth-order valence-corrected chi connectivity index (χ4v) is 3.11. The lowest BCUT2D eigenvalue weighted by Gasteiger charge is -2.43. The number of hydrogen-bond acceptors (Lipinski definition) is 2. The molecule has 1 aliphatic rings. The topological polar surface area (TPSA) is 12.0 Å². The molecule has 0 atom stereocenters. The number of hydrogen-bond donors (Lipinski definition) is 1. The summed E-state index contributed by atoms with van der Waals surface area (Å²) in [6.45, 7) is 1.96. The molecule has 88 valence electrons. The maximum Gasteiger partial charge on any atom is 0.123 e. The summed E-state index contributed by atoms with van der Waals surface area (Å²) in [7, 11) is 0. The molecule has 0 aliphatic carbocycles. The molecule has 0 radical (unpaired) electrons. The summed E-state index contributed by atoms with van der Waals surface area (Å²) in [4.78, 5) is 0. The third kappa shape index (κ3) is 2.01. The Morgan fingerprint density at radius 2 is 1.94 bits per heavy atom. The maximum atomic E-state index is 13.0. The van der Waals surface area contributed by atoms with Gasteiger partial charge in [0.15, 0.2) is 0 Å². The molecule has 1 saturated heterocycles. The highest BCUT2D eigenvalue weighted by molar-refractivity contribution is 7.07. The third-order valence-corrected chi connectivity index (χ3v) is 4.24. The zero-order valence-corrected chi connectivity index (χ0v) is 10.3. The predicted octanol–water partition coefficient (Wildman–Crippen LogP) is 2.97. The minimum absolute atomic E-state index is 0.160. The average Bonchev–Trinajstić information content (AvgIpc) is 2.77. The highest BCUT2D eigenvalue weighted by atomic mass is 32.1. The number of rotatable bonds is 3. The van der Waals surface area contributed by atoms with E-state index < -0.39 is 0 Å². The summed E-state index contributed by atoms with van der Waals surface area (Å²) in [5.74, 6) is -0.160. The van der Waals surface area contributed by atoms with Crippen molar-refractivity contribution in [3.8, 4) is 0 Å². The van der Waals surface area contributed by atoms with Gasteiger partial charge in [-0.1, -0.05) is 12.1 Å². The van der Waals surface area contributed by atoms with Crippen molar-refractivity contribution >= 4 is 11.3 Å². The van der Waals surface area contributed by atoms with Crippen LogP contribution in [0.25, 0.3) is 0 Å². The van der Waals surface area contributed by atoms with Crippen LogP contribution in [0.3, 0.4) is 0 Å². The zero-order valence-electron chi connectivity index (χ0n) is 9.45. The first-order valence-corrected chi connectivity index (χ1v) is 6.71. The Morgan fingerprint density at radius 1 is 1.18 bits per heavy atom. The van der Waals surface area contributed by atoms with Gasteiger partial charge in [-0.05, 0) is 46.5 Å². The van der Waals surface area contributed by atoms with Gasteiger partial charge in [0.2, 0.25) is 0 Å². The summed E-state index contributed by atoms with van der Waals surface area (Å²) in [5, 5.41) is 7.65. The molecule has 2 heterocycles. The van der Waals surface area contributed by atoms with Gasteiger partial charge in [0.05, 0.1) is 0 Å². The summed E-state index contributed by atoms with van der Waals surface area (Å²) >= 11 is 1.73. The van der Waals surface area contributed by atoms with Crippen molar-refractivity contribution in [2.45, 2.75) is 11.8 Å². The van der Waals surface area contributed by atoms with Crippen LogP contribution in [0.4, 0.5) is 4.39 Å². The van der Waals surface area contributed by atoms with Crippen molar-refractivity contribution in [2.75, 3.05) is 13.1 Å². The van der Waals surface area contributed by atoms with E-state index in [-0.39, 0.29) is 11.2 Å². The molecular weight excluding hydrogens is 233 g/mol. The average molecular weight is 247 g/mol. The maximum absolute atomic E-state index is 13.0. The van der Waals surface area contributed by atoms with E-state index in [2.05, 4.69) is 22.1 Å². The second-order valence-corrected chi connectivity index (χ2v) is 5.48. The van der Waals surface area contributed by atoms with Gasteiger partial charge in [-0.25, -0.2) is 4.39 Å². The first kappa shape index (κ1) is 10.9. The number of benzene rings is 1. The first-order chi connectivity index (χ1) is 8.28. The van der Waals surface area contributed by atoms with Crippen molar-refractivity contribution in [1.29, 1.82) is 0 Å². The van der Waals surface area contributed by atoms with E-state index in [1.165, 1.54) is 11.1 Å². The standard InChI is InChI=1S/C14H14FNS/c15-13-3-1-12(2-4-13)14(9-16-10-14)7-11-5-6-17-8-11/h1-6,8,16H,7,9-10H2. The molecular formula is C14H14FNS. The van der Waals surface area contributed by atoms with Crippen LogP contribution in [0, 0.1) is 5.82 Å². The smallest absolute Gasteiger partial charge is 0.123 e. The normalized spacial score (nSPS) is 17.7. The van der Waals surface area contributed by atoms with E-state index in [9.17, 15) is 4.39 Å². The second-order valence-electron chi connectivity index (χ2n) is 4.70. The van der Waals surface area contributed by atoms with E-state index in [0.29, 0.717) is 0 Å². The largest absolute Gasteiger partial charge is 0.315 e. The molecule has 1 fully saturated rings. The molecule has 1 aromatic carbocycles. The van der Waals surface area contributed by atoms with Gasteiger partial charge in [-0.15, -0.1) is 0 Å². The summed E-state index contributed by atoms with van der Waals surface area (Å²) < 4.78 is 13.0. The van der Waals surface area contributed by atoms with Gasteiger partial charge in [-0.2, -0.15) is 11.3 Å². The molecule has 0 bridgehead atoms. The molecule has 17 heavy (non-hydrogen) atoms. The van der Waals surface area contributed by atoms with Gasteiger partial charge >= 0.3 is 0 Å². The van der Waals surface area contributed by atoms with Gasteiger partial charge in [0.1, 0.15) is 5.82 Å². The lowest BCUT2D eigenvalue weighted by atomic mass is 9.71. The Balaban J connectivity index is 1.89. The van der Waals surface area contributed by atoms with Crippen LogP contribution in [-0.4, -0.2) is 13.1 Å². The van der Waals surface area contributed by atoms with Crippen LogP contribution in [0.15, 0.2) is 41.1 Å². The molecule has 1 N–H and O–H groups in total. The SMILES string of the molecule is Fc1ccc(C2(Cc3ccsc3)CNC2)cc1. The van der Waals surface area contributed by atoms with Crippen LogP contribution in [0.5, 0.6) is 0 Å².